The Morgan fingerprint density at radius 3 is 2.38 bits per heavy atom. The van der Waals surface area contributed by atoms with Crippen molar-refractivity contribution in [2.45, 2.75) is 12.5 Å². The smallest absolute Gasteiger partial charge is 0.295 e. The molecule has 2 aromatic carbocycles. The number of amides is 1. The number of carbonyl (C=O) groups is 2. The number of likely N-dealkylation sites (tertiary alicyclic amines) is 1. The van der Waals surface area contributed by atoms with E-state index in [-0.39, 0.29) is 11.3 Å². The van der Waals surface area contributed by atoms with Crippen LogP contribution >= 0.6 is 15.9 Å². The summed E-state index contributed by atoms with van der Waals surface area (Å²) in [7, 11) is 7.01. The number of benzene rings is 2. The van der Waals surface area contributed by atoms with Gasteiger partial charge in [0.2, 0.25) is 0 Å². The largest absolute Gasteiger partial charge is 0.507 e. The molecule has 1 saturated heterocycles. The molecule has 0 radical (unpaired) electrons. The number of hydrogen-bond donors (Lipinski definition) is 1. The van der Waals surface area contributed by atoms with Crippen molar-refractivity contribution in [3.8, 4) is 5.75 Å². The van der Waals surface area contributed by atoms with Gasteiger partial charge in [0.15, 0.2) is 0 Å². The van der Waals surface area contributed by atoms with E-state index in [0.717, 1.165) is 11.3 Å². The van der Waals surface area contributed by atoms with Gasteiger partial charge in [-0.15, -0.1) is 0 Å². The van der Waals surface area contributed by atoms with Crippen LogP contribution in [0.3, 0.4) is 0 Å². The van der Waals surface area contributed by atoms with E-state index >= 15 is 0 Å². The summed E-state index contributed by atoms with van der Waals surface area (Å²) in [5, 5.41) is 11.1. The van der Waals surface area contributed by atoms with Crippen LogP contribution in [0.1, 0.15) is 23.6 Å². The van der Waals surface area contributed by atoms with Crippen LogP contribution in [0.4, 0.5) is 5.69 Å². The third-order valence-electron chi connectivity index (χ3n) is 5.44. The van der Waals surface area contributed by atoms with Gasteiger partial charge in [0.1, 0.15) is 11.5 Å². The number of Topliss-reactive ketones (excluding diaryl/α,β-unsaturated/α-hetero) is 1. The van der Waals surface area contributed by atoms with E-state index in [4.69, 9.17) is 9.47 Å². The number of nitrogens with zero attached hydrogens (tertiary/aromatic N) is 2. The number of halogens is 1. The lowest BCUT2D eigenvalue weighted by molar-refractivity contribution is -0.140. The van der Waals surface area contributed by atoms with E-state index in [0.29, 0.717) is 35.4 Å². The molecule has 1 heterocycles. The highest BCUT2D eigenvalue weighted by Crippen LogP contribution is 2.40. The molecule has 1 amide bonds. The summed E-state index contributed by atoms with van der Waals surface area (Å²) in [5.74, 6) is -0.953. The zero-order chi connectivity index (χ0) is 23.4. The van der Waals surface area contributed by atoms with E-state index in [1.807, 2.05) is 43.3 Å². The zero-order valence-corrected chi connectivity index (χ0v) is 20.2. The predicted molar refractivity (Wildman–Crippen MR) is 127 cm³/mol. The van der Waals surface area contributed by atoms with Crippen LogP contribution in [0, 0.1) is 0 Å². The lowest BCUT2D eigenvalue weighted by atomic mass is 9.95. The number of ether oxygens (including phenoxy) is 2. The van der Waals surface area contributed by atoms with E-state index < -0.39 is 17.7 Å². The van der Waals surface area contributed by atoms with Gasteiger partial charge in [0.05, 0.1) is 23.2 Å². The Bertz CT molecular complexity index is 1030. The van der Waals surface area contributed by atoms with Crippen molar-refractivity contribution in [1.82, 2.24) is 4.90 Å². The number of aliphatic hydroxyl groups is 1. The van der Waals surface area contributed by atoms with Gasteiger partial charge < -0.3 is 24.4 Å². The first kappa shape index (κ1) is 23.8. The third-order valence-corrected chi connectivity index (χ3v) is 6.06. The van der Waals surface area contributed by atoms with Gasteiger partial charge in [-0.1, -0.05) is 12.1 Å². The first-order valence-electron chi connectivity index (χ1n) is 10.2. The van der Waals surface area contributed by atoms with Crippen LogP contribution in [0.5, 0.6) is 5.75 Å². The van der Waals surface area contributed by atoms with Crippen molar-refractivity contribution in [1.29, 1.82) is 0 Å². The lowest BCUT2D eigenvalue weighted by Crippen LogP contribution is -2.31. The fraction of sp³-hybridized carbons (Fsp3) is 0.333. The summed E-state index contributed by atoms with van der Waals surface area (Å²) in [6.07, 6.45) is 0.573. The van der Waals surface area contributed by atoms with Crippen molar-refractivity contribution in [3.63, 3.8) is 0 Å². The lowest BCUT2D eigenvalue weighted by Gasteiger charge is -2.26. The molecule has 0 saturated carbocycles. The first-order chi connectivity index (χ1) is 15.3. The van der Waals surface area contributed by atoms with Crippen LogP contribution < -0.4 is 9.64 Å². The fourth-order valence-corrected chi connectivity index (χ4v) is 4.30. The molecule has 0 spiro atoms. The molecule has 1 fully saturated rings. The minimum absolute atomic E-state index is 0.0714. The molecular formula is C24H27BrN2O5. The van der Waals surface area contributed by atoms with Crippen molar-refractivity contribution in [3.05, 3.63) is 63.6 Å². The molecule has 1 N–H and O–H groups in total. The number of rotatable bonds is 8. The average Bonchev–Trinajstić information content (AvgIpc) is 3.03. The SMILES string of the molecule is COCCCN1C(=O)C(=O)/C(=C(\O)c2ccc(OC)c(Br)c2)C1c1ccc(N(C)C)cc1. The standard InChI is InChI=1S/C24H27BrN2O5/c1-26(2)17-9-6-15(7-10-17)21-20(23(29)24(30)27(21)12-5-13-31-3)22(28)16-8-11-19(32-4)18(25)14-16/h6-11,14,21,28H,5,12-13H2,1-4H3/b22-20-. The second-order valence-electron chi connectivity index (χ2n) is 7.67. The molecule has 3 rings (SSSR count). The zero-order valence-electron chi connectivity index (χ0n) is 18.6. The van der Waals surface area contributed by atoms with Gasteiger partial charge in [-0.05, 0) is 58.2 Å². The van der Waals surface area contributed by atoms with Crippen molar-refractivity contribution < 1.29 is 24.2 Å². The Hall–Kier alpha value is -2.84. The summed E-state index contributed by atoms with van der Waals surface area (Å²) in [4.78, 5) is 29.4. The van der Waals surface area contributed by atoms with Crippen LogP contribution in [0.2, 0.25) is 0 Å². The van der Waals surface area contributed by atoms with Crippen LogP contribution in [-0.2, 0) is 14.3 Å². The maximum Gasteiger partial charge on any atom is 0.295 e. The molecule has 170 valence electrons. The van der Waals surface area contributed by atoms with Crippen LogP contribution in [0.15, 0.2) is 52.5 Å². The van der Waals surface area contributed by atoms with E-state index in [2.05, 4.69) is 15.9 Å². The molecule has 1 aliphatic heterocycles. The molecule has 8 heteroatoms. The highest BCUT2D eigenvalue weighted by atomic mass is 79.9. The Kier molecular flexibility index (Phi) is 7.58. The Labute approximate surface area is 196 Å². The number of hydrogen-bond acceptors (Lipinski definition) is 6. The monoisotopic (exact) mass is 502 g/mol. The average molecular weight is 503 g/mol. The van der Waals surface area contributed by atoms with E-state index in [1.54, 1.807) is 32.4 Å². The maximum absolute atomic E-state index is 13.0. The van der Waals surface area contributed by atoms with Gasteiger partial charge in [-0.2, -0.15) is 0 Å². The molecule has 0 aromatic heterocycles. The Morgan fingerprint density at radius 1 is 1.12 bits per heavy atom. The molecule has 32 heavy (non-hydrogen) atoms. The van der Waals surface area contributed by atoms with E-state index in [1.165, 1.54) is 4.90 Å². The van der Waals surface area contributed by atoms with Crippen molar-refractivity contribution in [2.75, 3.05) is 46.4 Å². The summed E-state index contributed by atoms with van der Waals surface area (Å²) >= 11 is 3.41. The highest BCUT2D eigenvalue weighted by molar-refractivity contribution is 9.10. The molecule has 1 atom stereocenters. The quantitative estimate of drug-likeness (QED) is 0.254. The molecule has 7 nitrogen and oxygen atoms in total. The third kappa shape index (κ3) is 4.66. The number of anilines is 1. The summed E-state index contributed by atoms with van der Waals surface area (Å²) in [6, 6.07) is 11.9. The molecule has 1 aliphatic rings. The highest BCUT2D eigenvalue weighted by Gasteiger charge is 2.45. The predicted octanol–water partition coefficient (Wildman–Crippen LogP) is 3.98. The van der Waals surface area contributed by atoms with Crippen LogP contribution in [-0.4, -0.2) is 63.2 Å². The first-order valence-corrected chi connectivity index (χ1v) is 11.0. The number of carbonyl (C=O) groups excluding carboxylic acids is 2. The van der Waals surface area contributed by atoms with E-state index in [9.17, 15) is 14.7 Å². The summed E-state index contributed by atoms with van der Waals surface area (Å²) in [5.41, 5.74) is 2.23. The number of methoxy groups -OCH3 is 2. The van der Waals surface area contributed by atoms with Gasteiger partial charge in [0.25, 0.3) is 11.7 Å². The number of ketones is 1. The van der Waals surface area contributed by atoms with Crippen LogP contribution in [0.25, 0.3) is 5.76 Å². The van der Waals surface area contributed by atoms with Gasteiger partial charge in [0, 0.05) is 45.6 Å². The van der Waals surface area contributed by atoms with Crippen molar-refractivity contribution >= 4 is 39.1 Å². The summed E-state index contributed by atoms with van der Waals surface area (Å²) in [6.45, 7) is 0.794. The van der Waals surface area contributed by atoms with Gasteiger partial charge >= 0.3 is 0 Å². The molecule has 2 aromatic rings. The topological polar surface area (TPSA) is 79.3 Å². The maximum atomic E-state index is 13.0. The minimum atomic E-state index is -0.700. The second kappa shape index (κ2) is 10.2. The Balaban J connectivity index is 2.12. The number of aliphatic hydroxyl groups excluding tert-OH is 1. The molecule has 0 bridgehead atoms. The van der Waals surface area contributed by atoms with Gasteiger partial charge in [-0.3, -0.25) is 9.59 Å². The Morgan fingerprint density at radius 2 is 1.81 bits per heavy atom. The second-order valence-corrected chi connectivity index (χ2v) is 8.53. The summed E-state index contributed by atoms with van der Waals surface area (Å²) < 4.78 is 11.0. The molecular weight excluding hydrogens is 476 g/mol. The van der Waals surface area contributed by atoms with Crippen molar-refractivity contribution in [2.24, 2.45) is 0 Å². The van der Waals surface area contributed by atoms with Gasteiger partial charge in [-0.25, -0.2) is 0 Å². The minimum Gasteiger partial charge on any atom is -0.507 e. The normalized spacial score (nSPS) is 17.7. The molecule has 0 aliphatic carbocycles. The molecule has 1 unspecified atom stereocenters. The fourth-order valence-electron chi connectivity index (χ4n) is 3.76.